The first-order valence-electron chi connectivity index (χ1n) is 3.66. The van der Waals surface area contributed by atoms with Gasteiger partial charge in [-0.3, -0.25) is 4.98 Å². The molecular formula is C7H6ClF2NO3S. The molecule has 0 aromatic carbocycles. The van der Waals surface area contributed by atoms with Gasteiger partial charge in [0.1, 0.15) is 4.90 Å². The highest BCUT2D eigenvalue weighted by molar-refractivity contribution is 8.13. The van der Waals surface area contributed by atoms with Gasteiger partial charge in [-0.05, 0) is 6.92 Å². The third kappa shape index (κ3) is 2.35. The number of aromatic nitrogens is 1. The Kier molecular flexibility index (Phi) is 3.15. The first-order valence-corrected chi connectivity index (χ1v) is 5.97. The maximum Gasteiger partial charge on any atom is 0.267 e. The summed E-state index contributed by atoms with van der Waals surface area (Å²) in [5.41, 5.74) is -1.06. The molecule has 0 saturated heterocycles. The zero-order chi connectivity index (χ0) is 11.8. The molecule has 0 aliphatic carbocycles. The third-order valence-electron chi connectivity index (χ3n) is 1.71. The van der Waals surface area contributed by atoms with E-state index >= 15 is 0 Å². The lowest BCUT2D eigenvalue weighted by atomic mass is 10.2. The molecule has 0 radical (unpaired) electrons. The van der Waals surface area contributed by atoms with Crippen LogP contribution in [0.1, 0.15) is 17.7 Å². The molecule has 84 valence electrons. The zero-order valence-electron chi connectivity index (χ0n) is 7.41. The molecule has 1 N–H and O–H groups in total. The number of hydrogen-bond donors (Lipinski definition) is 1. The average Bonchev–Trinajstić information content (AvgIpc) is 2.05. The molecule has 0 aliphatic rings. The molecule has 1 heterocycles. The molecule has 0 spiro atoms. The lowest BCUT2D eigenvalue weighted by molar-refractivity contribution is 0.145. The molecular weight excluding hydrogens is 252 g/mol. The monoisotopic (exact) mass is 257 g/mol. The van der Waals surface area contributed by atoms with Crippen molar-refractivity contribution in [3.8, 4) is 5.75 Å². The summed E-state index contributed by atoms with van der Waals surface area (Å²) in [7, 11) is 0.507. The Balaban J connectivity index is 3.68. The molecule has 0 atom stereocenters. The van der Waals surface area contributed by atoms with Crippen LogP contribution >= 0.6 is 10.7 Å². The molecule has 8 heteroatoms. The van der Waals surface area contributed by atoms with Gasteiger partial charge in [-0.15, -0.1) is 0 Å². The summed E-state index contributed by atoms with van der Waals surface area (Å²) in [4.78, 5) is 2.44. The summed E-state index contributed by atoms with van der Waals surface area (Å²) >= 11 is 0. The van der Waals surface area contributed by atoms with E-state index < -0.39 is 31.7 Å². The lowest BCUT2D eigenvalue weighted by Gasteiger charge is -2.09. The first-order chi connectivity index (χ1) is 6.75. The predicted molar refractivity (Wildman–Crippen MR) is 48.6 cm³/mol. The summed E-state index contributed by atoms with van der Waals surface area (Å²) in [5.74, 6) is -0.883. The second kappa shape index (κ2) is 3.90. The summed E-state index contributed by atoms with van der Waals surface area (Å²) in [6.07, 6.45) is -2.32. The van der Waals surface area contributed by atoms with Gasteiger partial charge in [-0.2, -0.15) is 0 Å². The van der Waals surface area contributed by atoms with Gasteiger partial charge in [0, 0.05) is 16.4 Å². The van der Waals surface area contributed by atoms with Crippen LogP contribution in [-0.2, 0) is 9.05 Å². The number of halogens is 3. The van der Waals surface area contributed by atoms with E-state index in [1.807, 2.05) is 0 Å². The van der Waals surface area contributed by atoms with E-state index in [4.69, 9.17) is 15.8 Å². The molecule has 0 unspecified atom stereocenters. The molecule has 0 amide bonds. The fourth-order valence-electron chi connectivity index (χ4n) is 1.10. The second-order valence-corrected chi connectivity index (χ2v) is 5.21. The van der Waals surface area contributed by atoms with Crippen molar-refractivity contribution in [2.45, 2.75) is 18.2 Å². The Labute approximate surface area is 88.9 Å². The molecule has 0 fully saturated rings. The highest BCUT2D eigenvalue weighted by Crippen LogP contribution is 2.36. The van der Waals surface area contributed by atoms with Gasteiger partial charge in [0.05, 0.1) is 11.8 Å². The predicted octanol–water partition coefficient (Wildman–Crippen LogP) is 1.96. The van der Waals surface area contributed by atoms with Crippen LogP contribution in [0.2, 0.25) is 0 Å². The average molecular weight is 258 g/mol. The Bertz CT molecular complexity index is 489. The van der Waals surface area contributed by atoms with E-state index in [9.17, 15) is 17.2 Å². The van der Waals surface area contributed by atoms with Gasteiger partial charge < -0.3 is 5.11 Å². The van der Waals surface area contributed by atoms with Crippen LogP contribution in [-0.4, -0.2) is 18.5 Å². The van der Waals surface area contributed by atoms with Crippen molar-refractivity contribution in [2.24, 2.45) is 0 Å². The third-order valence-corrected chi connectivity index (χ3v) is 3.09. The van der Waals surface area contributed by atoms with E-state index in [-0.39, 0.29) is 5.69 Å². The Morgan fingerprint density at radius 1 is 1.53 bits per heavy atom. The fraction of sp³-hybridized carbons (Fsp3) is 0.286. The van der Waals surface area contributed by atoms with Crippen molar-refractivity contribution < 1.29 is 22.3 Å². The van der Waals surface area contributed by atoms with Crippen molar-refractivity contribution in [2.75, 3.05) is 0 Å². The topological polar surface area (TPSA) is 67.3 Å². The number of aromatic hydroxyl groups is 1. The van der Waals surface area contributed by atoms with Crippen molar-refractivity contribution in [1.82, 2.24) is 4.98 Å². The number of alkyl halides is 2. The van der Waals surface area contributed by atoms with Gasteiger partial charge in [-0.1, -0.05) is 0 Å². The van der Waals surface area contributed by atoms with Crippen molar-refractivity contribution in [3.63, 3.8) is 0 Å². The Morgan fingerprint density at radius 2 is 2.07 bits per heavy atom. The first kappa shape index (κ1) is 12.1. The highest BCUT2D eigenvalue weighted by atomic mass is 35.7. The van der Waals surface area contributed by atoms with Crippen molar-refractivity contribution in [1.29, 1.82) is 0 Å². The minimum atomic E-state index is -4.43. The van der Waals surface area contributed by atoms with Gasteiger partial charge in [0.25, 0.3) is 15.5 Å². The summed E-state index contributed by atoms with van der Waals surface area (Å²) in [5, 5.41) is 9.14. The minimum absolute atomic E-state index is 0.193. The van der Waals surface area contributed by atoms with Gasteiger partial charge in [0.2, 0.25) is 0 Å². The number of aryl methyl sites for hydroxylation is 1. The molecule has 1 aromatic rings. The minimum Gasteiger partial charge on any atom is -0.505 e. The van der Waals surface area contributed by atoms with Crippen LogP contribution in [0.15, 0.2) is 11.1 Å². The molecule has 0 aliphatic heterocycles. The van der Waals surface area contributed by atoms with E-state index in [1.54, 1.807) is 0 Å². The molecule has 1 rings (SSSR count). The number of nitrogens with zero attached hydrogens (tertiary/aromatic N) is 1. The maximum atomic E-state index is 12.5. The largest absolute Gasteiger partial charge is 0.505 e. The van der Waals surface area contributed by atoms with Crippen molar-refractivity contribution in [3.05, 3.63) is 17.5 Å². The van der Waals surface area contributed by atoms with E-state index in [1.165, 1.54) is 6.92 Å². The Hall–Kier alpha value is -0.950. The summed E-state index contributed by atoms with van der Waals surface area (Å²) < 4.78 is 47.0. The quantitative estimate of drug-likeness (QED) is 0.823. The van der Waals surface area contributed by atoms with Gasteiger partial charge in [-0.25, -0.2) is 17.2 Å². The van der Waals surface area contributed by atoms with E-state index in [0.717, 1.165) is 6.20 Å². The SMILES string of the molecule is Cc1ncc(O)c(S(=O)(=O)Cl)c1C(F)F. The van der Waals surface area contributed by atoms with Crippen LogP contribution < -0.4 is 0 Å². The summed E-state index contributed by atoms with van der Waals surface area (Å²) in [6.45, 7) is 1.20. The van der Waals surface area contributed by atoms with E-state index in [2.05, 4.69) is 4.98 Å². The number of pyridine rings is 1. The Morgan fingerprint density at radius 3 is 2.40 bits per heavy atom. The zero-order valence-corrected chi connectivity index (χ0v) is 8.98. The van der Waals surface area contributed by atoms with Crippen LogP contribution in [0.4, 0.5) is 8.78 Å². The summed E-state index contributed by atoms with van der Waals surface area (Å²) in [6, 6.07) is 0. The molecule has 15 heavy (non-hydrogen) atoms. The van der Waals surface area contributed by atoms with Gasteiger partial charge in [0.15, 0.2) is 5.75 Å². The number of rotatable bonds is 2. The fourth-order valence-corrected chi connectivity index (χ4v) is 2.39. The second-order valence-electron chi connectivity index (χ2n) is 2.71. The standard InChI is InChI=1S/C7H6ClF2NO3S/c1-3-5(7(9)10)6(15(8,13)14)4(12)2-11-3/h2,7,12H,1H3. The smallest absolute Gasteiger partial charge is 0.267 e. The van der Waals surface area contributed by atoms with Crippen LogP contribution in [0, 0.1) is 6.92 Å². The molecule has 0 bridgehead atoms. The normalized spacial score (nSPS) is 12.1. The van der Waals surface area contributed by atoms with E-state index in [0.29, 0.717) is 0 Å². The molecule has 0 saturated carbocycles. The molecule has 1 aromatic heterocycles. The van der Waals surface area contributed by atoms with Gasteiger partial charge >= 0.3 is 0 Å². The maximum absolute atomic E-state index is 12.5. The lowest BCUT2D eigenvalue weighted by Crippen LogP contribution is -2.03. The van der Waals surface area contributed by atoms with Crippen LogP contribution in [0.3, 0.4) is 0 Å². The van der Waals surface area contributed by atoms with Crippen molar-refractivity contribution >= 4 is 19.7 Å². The number of hydrogen-bond acceptors (Lipinski definition) is 4. The molecule has 4 nitrogen and oxygen atoms in total. The van der Waals surface area contributed by atoms with Crippen LogP contribution in [0.5, 0.6) is 5.75 Å². The van der Waals surface area contributed by atoms with Crippen LogP contribution in [0.25, 0.3) is 0 Å². The highest BCUT2D eigenvalue weighted by Gasteiger charge is 2.28.